The van der Waals surface area contributed by atoms with Crippen molar-refractivity contribution in [1.29, 1.82) is 0 Å². The number of nitrogens with one attached hydrogen (secondary N) is 1. The lowest BCUT2D eigenvalue weighted by Gasteiger charge is -2.16. The van der Waals surface area contributed by atoms with Crippen molar-refractivity contribution in [2.45, 2.75) is 18.9 Å². The molecule has 1 aliphatic carbocycles. The van der Waals surface area contributed by atoms with E-state index in [0.717, 1.165) is 12.8 Å². The Labute approximate surface area is 118 Å². The van der Waals surface area contributed by atoms with E-state index < -0.39 is 5.91 Å². The van der Waals surface area contributed by atoms with Gasteiger partial charge in [0, 0.05) is 23.7 Å². The molecule has 0 saturated heterocycles. The van der Waals surface area contributed by atoms with Gasteiger partial charge in [0.05, 0.1) is 0 Å². The fraction of sp³-hybridized carbons (Fsp3) is 0.385. The quantitative estimate of drug-likeness (QED) is 0.741. The summed E-state index contributed by atoms with van der Waals surface area (Å²) < 4.78 is 0. The van der Waals surface area contributed by atoms with Crippen molar-refractivity contribution in [2.24, 2.45) is 17.4 Å². The lowest BCUT2D eigenvalue weighted by atomic mass is 10.1. The molecule has 0 aliphatic heterocycles. The third-order valence-electron chi connectivity index (χ3n) is 3.17. The maximum Gasteiger partial charge on any atom is 0.251 e. The summed E-state index contributed by atoms with van der Waals surface area (Å²) in [6.45, 7) is 0.436. The van der Waals surface area contributed by atoms with Gasteiger partial charge in [-0.05, 0) is 37.0 Å². The molecule has 1 unspecified atom stereocenters. The third kappa shape index (κ3) is 3.94. The van der Waals surface area contributed by atoms with Gasteiger partial charge in [-0.1, -0.05) is 6.07 Å². The standard InChI is InChI=1S/C13H17N3O2.ClH/c14-7-11(8-4-5-8)16-13(18)10-3-1-2-9(6-10)12(15)17;/h1-3,6,8,11H,4-5,7,14H2,(H2,15,17)(H,16,18);1H. The van der Waals surface area contributed by atoms with E-state index in [1.54, 1.807) is 18.2 Å². The number of carbonyl (C=O) groups is 2. The van der Waals surface area contributed by atoms with Gasteiger partial charge in [0.1, 0.15) is 0 Å². The zero-order chi connectivity index (χ0) is 13.1. The molecule has 6 heteroatoms. The topological polar surface area (TPSA) is 98.2 Å². The summed E-state index contributed by atoms with van der Waals surface area (Å²) in [5, 5.41) is 2.90. The summed E-state index contributed by atoms with van der Waals surface area (Å²) in [4.78, 5) is 23.0. The number of primary amides is 1. The first-order chi connectivity index (χ1) is 8.61. The van der Waals surface area contributed by atoms with Crippen LogP contribution in [0.15, 0.2) is 24.3 Å². The second-order valence-corrected chi connectivity index (χ2v) is 4.60. The van der Waals surface area contributed by atoms with Crippen molar-refractivity contribution in [2.75, 3.05) is 6.54 Å². The minimum absolute atomic E-state index is 0. The minimum Gasteiger partial charge on any atom is -0.366 e. The molecule has 2 amide bonds. The summed E-state index contributed by atoms with van der Waals surface area (Å²) in [6, 6.07) is 6.40. The van der Waals surface area contributed by atoms with Crippen LogP contribution in [0.3, 0.4) is 0 Å². The molecule has 0 radical (unpaired) electrons. The monoisotopic (exact) mass is 283 g/mol. The van der Waals surface area contributed by atoms with Crippen LogP contribution in [-0.4, -0.2) is 24.4 Å². The Bertz CT molecular complexity index is 475. The number of hydrogen-bond acceptors (Lipinski definition) is 3. The molecule has 1 saturated carbocycles. The van der Waals surface area contributed by atoms with E-state index in [0.29, 0.717) is 23.6 Å². The normalized spacial score (nSPS) is 15.2. The fourth-order valence-electron chi connectivity index (χ4n) is 1.93. The number of nitrogens with two attached hydrogens (primary N) is 2. The third-order valence-corrected chi connectivity index (χ3v) is 3.17. The van der Waals surface area contributed by atoms with Crippen LogP contribution in [0.25, 0.3) is 0 Å². The largest absolute Gasteiger partial charge is 0.366 e. The Morgan fingerprint density at radius 3 is 2.47 bits per heavy atom. The molecule has 5 nitrogen and oxygen atoms in total. The van der Waals surface area contributed by atoms with Crippen molar-refractivity contribution in [1.82, 2.24) is 5.32 Å². The van der Waals surface area contributed by atoms with E-state index in [1.807, 2.05) is 0 Å². The maximum absolute atomic E-state index is 12.0. The molecule has 5 N–H and O–H groups in total. The van der Waals surface area contributed by atoms with Crippen molar-refractivity contribution in [3.05, 3.63) is 35.4 Å². The molecular weight excluding hydrogens is 266 g/mol. The first kappa shape index (κ1) is 15.5. The average Bonchev–Trinajstić information content (AvgIpc) is 3.20. The van der Waals surface area contributed by atoms with Crippen LogP contribution in [0.5, 0.6) is 0 Å². The van der Waals surface area contributed by atoms with Gasteiger partial charge < -0.3 is 16.8 Å². The zero-order valence-electron chi connectivity index (χ0n) is 10.5. The van der Waals surface area contributed by atoms with Crippen LogP contribution >= 0.6 is 12.4 Å². The number of rotatable bonds is 5. The van der Waals surface area contributed by atoms with Crippen LogP contribution in [-0.2, 0) is 0 Å². The lowest BCUT2D eigenvalue weighted by Crippen LogP contribution is -2.41. The van der Waals surface area contributed by atoms with E-state index in [-0.39, 0.29) is 24.4 Å². The van der Waals surface area contributed by atoms with Crippen molar-refractivity contribution >= 4 is 24.2 Å². The van der Waals surface area contributed by atoms with Gasteiger partial charge in [0.2, 0.25) is 5.91 Å². The van der Waals surface area contributed by atoms with Crippen molar-refractivity contribution in [3.63, 3.8) is 0 Å². The van der Waals surface area contributed by atoms with Gasteiger partial charge in [-0.2, -0.15) is 0 Å². The predicted molar refractivity (Wildman–Crippen MR) is 75.2 cm³/mol. The van der Waals surface area contributed by atoms with E-state index in [2.05, 4.69) is 5.32 Å². The number of hydrogen-bond donors (Lipinski definition) is 3. The van der Waals surface area contributed by atoms with E-state index in [9.17, 15) is 9.59 Å². The lowest BCUT2D eigenvalue weighted by molar-refractivity contribution is 0.0933. The molecule has 1 atom stereocenters. The van der Waals surface area contributed by atoms with Gasteiger partial charge in [-0.25, -0.2) is 0 Å². The molecule has 0 spiro atoms. The molecule has 1 aromatic rings. The molecule has 1 aromatic carbocycles. The maximum atomic E-state index is 12.0. The SMILES string of the molecule is Cl.NCC(NC(=O)c1cccc(C(N)=O)c1)C1CC1. The summed E-state index contributed by atoms with van der Waals surface area (Å²) >= 11 is 0. The van der Waals surface area contributed by atoms with E-state index >= 15 is 0 Å². The second-order valence-electron chi connectivity index (χ2n) is 4.60. The molecular formula is C13H18ClN3O2. The van der Waals surface area contributed by atoms with Gasteiger partial charge >= 0.3 is 0 Å². The first-order valence-corrected chi connectivity index (χ1v) is 6.02. The molecule has 19 heavy (non-hydrogen) atoms. The molecule has 1 fully saturated rings. The first-order valence-electron chi connectivity index (χ1n) is 6.02. The van der Waals surface area contributed by atoms with Crippen LogP contribution in [0, 0.1) is 5.92 Å². The van der Waals surface area contributed by atoms with Gasteiger partial charge in [0.25, 0.3) is 5.91 Å². The molecule has 0 aromatic heterocycles. The minimum atomic E-state index is -0.540. The van der Waals surface area contributed by atoms with Gasteiger partial charge in [-0.3, -0.25) is 9.59 Å². The molecule has 0 bridgehead atoms. The predicted octanol–water partition coefficient (Wildman–Crippen LogP) is 0.674. The van der Waals surface area contributed by atoms with Gasteiger partial charge in [-0.15, -0.1) is 12.4 Å². The van der Waals surface area contributed by atoms with Crippen LogP contribution in [0.2, 0.25) is 0 Å². The highest BCUT2D eigenvalue weighted by Gasteiger charge is 2.31. The summed E-state index contributed by atoms with van der Waals surface area (Å²) in [5.41, 5.74) is 11.6. The van der Waals surface area contributed by atoms with Crippen molar-refractivity contribution < 1.29 is 9.59 Å². The average molecular weight is 284 g/mol. The summed E-state index contributed by atoms with van der Waals surface area (Å²) in [5.74, 6) is -0.249. The molecule has 104 valence electrons. The Kier molecular flexibility index (Phi) is 5.32. The Balaban J connectivity index is 0.00000180. The van der Waals surface area contributed by atoms with Crippen LogP contribution in [0.1, 0.15) is 33.6 Å². The fourth-order valence-corrected chi connectivity index (χ4v) is 1.93. The summed E-state index contributed by atoms with van der Waals surface area (Å²) in [6.07, 6.45) is 2.23. The number of halogens is 1. The van der Waals surface area contributed by atoms with E-state index in [1.165, 1.54) is 6.07 Å². The molecule has 0 heterocycles. The Morgan fingerprint density at radius 1 is 1.32 bits per heavy atom. The van der Waals surface area contributed by atoms with Gasteiger partial charge in [0.15, 0.2) is 0 Å². The second kappa shape index (κ2) is 6.54. The Hall–Kier alpha value is -1.59. The van der Waals surface area contributed by atoms with Crippen LogP contribution < -0.4 is 16.8 Å². The van der Waals surface area contributed by atoms with E-state index in [4.69, 9.17) is 11.5 Å². The molecule has 2 rings (SSSR count). The van der Waals surface area contributed by atoms with Crippen molar-refractivity contribution in [3.8, 4) is 0 Å². The zero-order valence-corrected chi connectivity index (χ0v) is 11.3. The van der Waals surface area contributed by atoms with Crippen LogP contribution in [0.4, 0.5) is 0 Å². The molecule has 1 aliphatic rings. The number of benzene rings is 1. The highest BCUT2D eigenvalue weighted by Crippen LogP contribution is 2.32. The highest BCUT2D eigenvalue weighted by atomic mass is 35.5. The Morgan fingerprint density at radius 2 is 1.95 bits per heavy atom. The highest BCUT2D eigenvalue weighted by molar-refractivity contribution is 5.99. The smallest absolute Gasteiger partial charge is 0.251 e. The number of carbonyl (C=O) groups excluding carboxylic acids is 2. The summed E-state index contributed by atoms with van der Waals surface area (Å²) in [7, 11) is 0. The number of amides is 2.